The van der Waals surface area contributed by atoms with Crippen molar-refractivity contribution in [2.75, 3.05) is 0 Å². The van der Waals surface area contributed by atoms with Gasteiger partial charge in [-0.2, -0.15) is 0 Å². The van der Waals surface area contributed by atoms with E-state index in [9.17, 15) is 0 Å². The van der Waals surface area contributed by atoms with Crippen molar-refractivity contribution in [1.29, 1.82) is 0 Å². The molecule has 118 valence electrons. The summed E-state index contributed by atoms with van der Waals surface area (Å²) < 4.78 is 6.14. The molecule has 1 aromatic heterocycles. The van der Waals surface area contributed by atoms with Gasteiger partial charge in [-0.3, -0.25) is 0 Å². The van der Waals surface area contributed by atoms with E-state index in [2.05, 4.69) is 44.9 Å². The largest absolute Gasteiger partial charge is 0.487 e. The molecular formula is C17H29N3O. The van der Waals surface area contributed by atoms with Gasteiger partial charge in [0.2, 0.25) is 0 Å². The first-order valence-corrected chi connectivity index (χ1v) is 8.12. The van der Waals surface area contributed by atoms with Crippen LogP contribution in [0.15, 0.2) is 6.20 Å². The van der Waals surface area contributed by atoms with E-state index in [1.54, 1.807) is 0 Å². The lowest BCUT2D eigenvalue weighted by Crippen LogP contribution is -2.35. The molecule has 1 fully saturated rings. The highest BCUT2D eigenvalue weighted by atomic mass is 16.5. The second kappa shape index (κ2) is 6.73. The van der Waals surface area contributed by atoms with Crippen molar-refractivity contribution in [3.63, 3.8) is 0 Å². The zero-order chi connectivity index (χ0) is 15.5. The van der Waals surface area contributed by atoms with Crippen LogP contribution in [0.25, 0.3) is 0 Å². The first-order valence-electron chi connectivity index (χ1n) is 8.12. The van der Waals surface area contributed by atoms with Crippen LogP contribution in [0.1, 0.15) is 77.7 Å². The van der Waals surface area contributed by atoms with Gasteiger partial charge in [0.1, 0.15) is 5.82 Å². The topological polar surface area (TPSA) is 47.0 Å². The van der Waals surface area contributed by atoms with Crippen LogP contribution in [0.4, 0.5) is 0 Å². The molecule has 0 aliphatic heterocycles. The zero-order valence-corrected chi connectivity index (χ0v) is 14.1. The van der Waals surface area contributed by atoms with Gasteiger partial charge in [0.15, 0.2) is 5.75 Å². The molecular weight excluding hydrogens is 262 g/mol. The highest BCUT2D eigenvalue weighted by molar-refractivity contribution is 5.26. The fourth-order valence-corrected chi connectivity index (χ4v) is 2.46. The van der Waals surface area contributed by atoms with E-state index in [0.29, 0.717) is 18.6 Å². The first kappa shape index (κ1) is 16.2. The van der Waals surface area contributed by atoms with Gasteiger partial charge in [0.05, 0.1) is 18.0 Å². The number of nitrogens with zero attached hydrogens (tertiary/aromatic N) is 2. The number of hydrogen-bond donors (Lipinski definition) is 1. The predicted molar refractivity (Wildman–Crippen MR) is 85.6 cm³/mol. The maximum Gasteiger partial charge on any atom is 0.160 e. The van der Waals surface area contributed by atoms with Crippen molar-refractivity contribution in [1.82, 2.24) is 15.3 Å². The Labute approximate surface area is 128 Å². The molecule has 1 aliphatic rings. The van der Waals surface area contributed by atoms with E-state index in [0.717, 1.165) is 30.1 Å². The molecule has 0 atom stereocenters. The summed E-state index contributed by atoms with van der Waals surface area (Å²) in [5.41, 5.74) is 1.05. The summed E-state index contributed by atoms with van der Waals surface area (Å²) in [6.07, 6.45) is 7.04. The van der Waals surface area contributed by atoms with Crippen molar-refractivity contribution in [3.8, 4) is 5.75 Å². The van der Waals surface area contributed by atoms with Crippen molar-refractivity contribution >= 4 is 0 Å². The monoisotopic (exact) mass is 291 g/mol. The van der Waals surface area contributed by atoms with Gasteiger partial charge in [-0.25, -0.2) is 9.97 Å². The summed E-state index contributed by atoms with van der Waals surface area (Å²) >= 11 is 0. The molecule has 1 aliphatic carbocycles. The number of rotatable bonds is 5. The SMILES string of the molecule is CC(C)c1ncc(OC2CCCC2)c(CNC(C)(C)C)n1. The second-order valence-corrected chi connectivity index (χ2v) is 7.32. The van der Waals surface area contributed by atoms with Crippen LogP contribution in [-0.2, 0) is 6.54 Å². The van der Waals surface area contributed by atoms with Crippen LogP contribution in [-0.4, -0.2) is 21.6 Å². The predicted octanol–water partition coefficient (Wildman–Crippen LogP) is 3.81. The van der Waals surface area contributed by atoms with E-state index in [1.807, 2.05) is 6.20 Å². The lowest BCUT2D eigenvalue weighted by Gasteiger charge is -2.22. The molecule has 0 unspecified atom stereocenters. The minimum Gasteiger partial charge on any atom is -0.487 e. The van der Waals surface area contributed by atoms with Gasteiger partial charge in [-0.1, -0.05) is 13.8 Å². The number of aromatic nitrogens is 2. The minimum absolute atomic E-state index is 0.0631. The average molecular weight is 291 g/mol. The first-order chi connectivity index (χ1) is 9.85. The highest BCUT2D eigenvalue weighted by Crippen LogP contribution is 2.26. The fourth-order valence-electron chi connectivity index (χ4n) is 2.46. The van der Waals surface area contributed by atoms with Crippen LogP contribution in [0.3, 0.4) is 0 Å². The number of hydrogen-bond acceptors (Lipinski definition) is 4. The molecule has 4 heteroatoms. The average Bonchev–Trinajstić information content (AvgIpc) is 2.89. The summed E-state index contributed by atoms with van der Waals surface area (Å²) in [5.74, 6) is 2.07. The Kier molecular flexibility index (Phi) is 5.20. The third kappa shape index (κ3) is 4.95. The van der Waals surface area contributed by atoms with Crippen LogP contribution >= 0.6 is 0 Å². The molecule has 0 amide bonds. The molecule has 21 heavy (non-hydrogen) atoms. The molecule has 0 spiro atoms. The van der Waals surface area contributed by atoms with Crippen LogP contribution in [0, 0.1) is 0 Å². The Hall–Kier alpha value is -1.16. The van der Waals surface area contributed by atoms with E-state index in [1.165, 1.54) is 12.8 Å². The van der Waals surface area contributed by atoms with Gasteiger partial charge >= 0.3 is 0 Å². The Morgan fingerprint density at radius 1 is 1.29 bits per heavy atom. The van der Waals surface area contributed by atoms with Gasteiger partial charge in [0.25, 0.3) is 0 Å². The summed E-state index contributed by atoms with van der Waals surface area (Å²) in [4.78, 5) is 9.18. The number of ether oxygens (including phenoxy) is 1. The Balaban J connectivity index is 2.16. The van der Waals surface area contributed by atoms with Gasteiger partial charge in [-0.05, 0) is 46.5 Å². The normalized spacial score (nSPS) is 16.7. The van der Waals surface area contributed by atoms with Crippen molar-refractivity contribution in [2.45, 2.75) is 84.4 Å². The Morgan fingerprint density at radius 2 is 1.95 bits per heavy atom. The lowest BCUT2D eigenvalue weighted by molar-refractivity contribution is 0.204. The smallest absolute Gasteiger partial charge is 0.160 e. The van der Waals surface area contributed by atoms with Crippen LogP contribution in [0.5, 0.6) is 5.75 Å². The van der Waals surface area contributed by atoms with Gasteiger partial charge < -0.3 is 10.1 Å². The summed E-state index contributed by atoms with van der Waals surface area (Å²) in [6.45, 7) is 11.4. The molecule has 0 radical (unpaired) electrons. The molecule has 4 nitrogen and oxygen atoms in total. The lowest BCUT2D eigenvalue weighted by atomic mass is 10.1. The minimum atomic E-state index is 0.0631. The van der Waals surface area contributed by atoms with Crippen molar-refractivity contribution in [2.24, 2.45) is 0 Å². The molecule has 1 saturated carbocycles. The molecule has 0 saturated heterocycles. The van der Waals surface area contributed by atoms with Crippen molar-refractivity contribution < 1.29 is 4.74 Å². The fraction of sp³-hybridized carbons (Fsp3) is 0.765. The molecule has 1 N–H and O–H groups in total. The summed E-state index contributed by atoms with van der Waals surface area (Å²) in [6, 6.07) is 0. The van der Waals surface area contributed by atoms with E-state index < -0.39 is 0 Å². The third-order valence-electron chi connectivity index (χ3n) is 3.75. The maximum absolute atomic E-state index is 6.14. The summed E-state index contributed by atoms with van der Waals surface area (Å²) in [5, 5.41) is 3.50. The van der Waals surface area contributed by atoms with Crippen LogP contribution < -0.4 is 10.1 Å². The Bertz CT molecular complexity index is 460. The zero-order valence-electron chi connectivity index (χ0n) is 14.1. The molecule has 0 bridgehead atoms. The van der Waals surface area contributed by atoms with Crippen molar-refractivity contribution in [3.05, 3.63) is 17.7 Å². The van der Waals surface area contributed by atoms with Crippen LogP contribution in [0.2, 0.25) is 0 Å². The molecule has 0 aromatic carbocycles. The standard InChI is InChI=1S/C17H29N3O/c1-12(2)16-18-11-15(21-13-8-6-7-9-13)14(20-16)10-19-17(3,4)5/h11-13,19H,6-10H2,1-5H3. The number of nitrogens with one attached hydrogen (secondary N) is 1. The quantitative estimate of drug-likeness (QED) is 0.896. The van der Waals surface area contributed by atoms with E-state index >= 15 is 0 Å². The highest BCUT2D eigenvalue weighted by Gasteiger charge is 2.20. The molecule has 1 aromatic rings. The third-order valence-corrected chi connectivity index (χ3v) is 3.75. The van der Waals surface area contributed by atoms with Gasteiger partial charge in [-0.15, -0.1) is 0 Å². The maximum atomic E-state index is 6.14. The van der Waals surface area contributed by atoms with E-state index in [4.69, 9.17) is 9.72 Å². The molecule has 2 rings (SSSR count). The Morgan fingerprint density at radius 3 is 2.52 bits per heavy atom. The molecule has 1 heterocycles. The van der Waals surface area contributed by atoms with E-state index in [-0.39, 0.29) is 5.54 Å². The van der Waals surface area contributed by atoms with Gasteiger partial charge in [0, 0.05) is 18.0 Å². The second-order valence-electron chi connectivity index (χ2n) is 7.32. The summed E-state index contributed by atoms with van der Waals surface area (Å²) in [7, 11) is 0.